The van der Waals surface area contributed by atoms with Crippen LogP contribution in [0.25, 0.3) is 0 Å². The lowest BCUT2D eigenvalue weighted by molar-refractivity contribution is -0.156. The fraction of sp³-hybridized carbons (Fsp3) is 0.270. The van der Waals surface area contributed by atoms with Crippen molar-refractivity contribution in [2.45, 2.75) is 110 Å². The Balaban J connectivity index is 0.000000310. The largest absolute Gasteiger partial charge is 0.476 e. The summed E-state index contributed by atoms with van der Waals surface area (Å²) in [5.41, 5.74) is 7.17. The van der Waals surface area contributed by atoms with E-state index in [1.807, 2.05) is 36.4 Å². The third kappa shape index (κ3) is 22.8. The number of hydrogen-bond donors (Lipinski definition) is 3. The number of rotatable bonds is 19. The molecule has 0 aliphatic heterocycles. The number of carbonyl (C=O) groups is 6. The molecule has 2 amide bonds. The zero-order valence-corrected chi connectivity index (χ0v) is 44.3. The fourth-order valence-corrected chi connectivity index (χ4v) is 7.88. The molecule has 406 valence electrons. The molecule has 11 nitrogen and oxygen atoms in total. The second kappa shape index (κ2) is 32.9. The summed E-state index contributed by atoms with van der Waals surface area (Å²) in [4.78, 5) is 67.3. The maximum absolute atomic E-state index is 13.4. The van der Waals surface area contributed by atoms with E-state index in [2.05, 4.69) is 73.9 Å². The third-order valence-corrected chi connectivity index (χ3v) is 12.2. The molecule has 0 heterocycles. The fourth-order valence-electron chi connectivity index (χ4n) is 7.76. The van der Waals surface area contributed by atoms with E-state index in [4.69, 9.17) is 26.3 Å². The molecule has 0 aliphatic carbocycles. The van der Waals surface area contributed by atoms with E-state index < -0.39 is 48.0 Å². The minimum Gasteiger partial charge on any atom is -0.476 e. The number of aldehydes is 1. The molecule has 0 atom stereocenters. The maximum atomic E-state index is 13.4. The van der Waals surface area contributed by atoms with Crippen molar-refractivity contribution in [3.63, 3.8) is 0 Å². The van der Waals surface area contributed by atoms with Gasteiger partial charge < -0.3 is 25.1 Å². The van der Waals surface area contributed by atoms with Gasteiger partial charge in [-0.2, -0.15) is 13.2 Å². The molecule has 0 saturated heterocycles. The Bertz CT molecular complexity index is 3030. The highest BCUT2D eigenvalue weighted by molar-refractivity contribution is 6.32. The van der Waals surface area contributed by atoms with E-state index in [1.165, 1.54) is 85.6 Å². The maximum Gasteiger partial charge on any atom is 0.416 e. The van der Waals surface area contributed by atoms with E-state index in [1.54, 1.807) is 48.5 Å². The number of alkyl halides is 3. The highest BCUT2D eigenvalue weighted by atomic mass is 35.5. The average molecular weight is 1080 g/mol. The lowest BCUT2D eigenvalue weighted by atomic mass is 10.0. The van der Waals surface area contributed by atoms with Gasteiger partial charge in [-0.15, -0.1) is 0 Å². The molecule has 6 aromatic carbocycles. The molecule has 0 unspecified atom stereocenters. The first-order valence-corrected chi connectivity index (χ1v) is 25.8. The van der Waals surface area contributed by atoms with Gasteiger partial charge in [0.25, 0.3) is 0 Å². The molecule has 0 saturated carbocycles. The second-order valence-electron chi connectivity index (χ2n) is 18.1. The van der Waals surface area contributed by atoms with Crippen LogP contribution in [0.2, 0.25) is 5.02 Å². The summed E-state index contributed by atoms with van der Waals surface area (Å²) >= 11 is 5.92. The SMILES string of the molecule is CCCCCCc1ccc(C#Cc2ccc(CN(Cc3ccc(Cl)cc3)C(=O)C(=O)O)cc2)cc1.CCCCCCc1ccc(C#Cc2ccc(CN(Cc3ccccc3C(F)(F)F)C(=O)C(=O)O)cc2)cc1.O=CC(=O)O. The zero-order chi connectivity index (χ0) is 56.9. The molecule has 15 heteroatoms. The highest BCUT2D eigenvalue weighted by Gasteiger charge is 2.34. The number of benzene rings is 6. The molecule has 78 heavy (non-hydrogen) atoms. The van der Waals surface area contributed by atoms with Crippen LogP contribution < -0.4 is 0 Å². The van der Waals surface area contributed by atoms with Crippen molar-refractivity contribution in [2.24, 2.45) is 0 Å². The predicted octanol–water partition coefficient (Wildman–Crippen LogP) is 12.6. The number of carboxylic acid groups (broad SMARTS) is 3. The quantitative estimate of drug-likeness (QED) is 0.0309. The van der Waals surface area contributed by atoms with Gasteiger partial charge in [-0.25, -0.2) is 14.4 Å². The van der Waals surface area contributed by atoms with Crippen molar-refractivity contribution in [3.05, 3.63) is 212 Å². The Morgan fingerprint density at radius 2 is 0.795 bits per heavy atom. The molecule has 0 fully saturated rings. The van der Waals surface area contributed by atoms with Crippen molar-refractivity contribution in [1.82, 2.24) is 9.80 Å². The summed E-state index contributed by atoms with van der Waals surface area (Å²) in [6, 6.07) is 42.7. The van der Waals surface area contributed by atoms with Crippen molar-refractivity contribution >= 4 is 47.6 Å². The van der Waals surface area contributed by atoms with E-state index >= 15 is 0 Å². The van der Waals surface area contributed by atoms with Crippen LogP contribution in [-0.4, -0.2) is 61.1 Å². The van der Waals surface area contributed by atoms with Crippen molar-refractivity contribution in [1.29, 1.82) is 0 Å². The van der Waals surface area contributed by atoms with Gasteiger partial charge in [-0.1, -0.05) is 167 Å². The van der Waals surface area contributed by atoms with Gasteiger partial charge in [0.2, 0.25) is 6.29 Å². The number of carboxylic acids is 3. The average Bonchev–Trinajstić information content (AvgIpc) is 3.44. The van der Waals surface area contributed by atoms with E-state index in [-0.39, 0.29) is 31.5 Å². The van der Waals surface area contributed by atoms with Crippen molar-refractivity contribution in [3.8, 4) is 23.7 Å². The van der Waals surface area contributed by atoms with E-state index in [0.717, 1.165) is 57.2 Å². The molecule has 6 rings (SSSR count). The summed E-state index contributed by atoms with van der Waals surface area (Å²) in [5.74, 6) is 5.69. The third-order valence-electron chi connectivity index (χ3n) is 11.9. The highest BCUT2D eigenvalue weighted by Crippen LogP contribution is 2.33. The number of amides is 2. The number of hydrogen-bond acceptors (Lipinski definition) is 6. The Labute approximate surface area is 458 Å². The van der Waals surface area contributed by atoms with Crippen molar-refractivity contribution in [2.75, 3.05) is 0 Å². The van der Waals surface area contributed by atoms with Crippen LogP contribution in [0.15, 0.2) is 146 Å². The van der Waals surface area contributed by atoms with Crippen LogP contribution in [0.5, 0.6) is 0 Å². The van der Waals surface area contributed by atoms with Crippen LogP contribution in [0.1, 0.15) is 126 Å². The van der Waals surface area contributed by atoms with Gasteiger partial charge in [-0.3, -0.25) is 14.4 Å². The first kappa shape index (κ1) is 62.1. The van der Waals surface area contributed by atoms with Gasteiger partial charge in [0.1, 0.15) is 0 Å². The summed E-state index contributed by atoms with van der Waals surface area (Å²) in [5, 5.41) is 26.4. The minimum atomic E-state index is -4.62. The van der Waals surface area contributed by atoms with Gasteiger partial charge >= 0.3 is 35.9 Å². The van der Waals surface area contributed by atoms with Crippen LogP contribution in [-0.2, 0) is 74.0 Å². The van der Waals surface area contributed by atoms with E-state index in [9.17, 15) is 42.6 Å². The van der Waals surface area contributed by atoms with E-state index in [0.29, 0.717) is 10.6 Å². The topological polar surface area (TPSA) is 170 Å². The Hall–Kier alpha value is -8.46. The summed E-state index contributed by atoms with van der Waals surface area (Å²) in [6.45, 7) is 4.12. The number of carbonyl (C=O) groups excluding carboxylic acids is 3. The van der Waals surface area contributed by atoms with Crippen LogP contribution >= 0.6 is 11.6 Å². The van der Waals surface area contributed by atoms with Gasteiger partial charge in [-0.05, 0) is 126 Å². The summed E-state index contributed by atoms with van der Waals surface area (Å²) in [7, 11) is 0. The molecule has 0 spiro atoms. The summed E-state index contributed by atoms with van der Waals surface area (Å²) in [6.07, 6.45) is 7.28. The lowest BCUT2D eigenvalue weighted by Gasteiger charge is -2.23. The Morgan fingerprint density at radius 1 is 0.474 bits per heavy atom. The first-order valence-electron chi connectivity index (χ1n) is 25.4. The predicted molar refractivity (Wildman–Crippen MR) is 294 cm³/mol. The van der Waals surface area contributed by atoms with Crippen LogP contribution in [0.3, 0.4) is 0 Å². The standard InChI is InChI=1S/C31H30F3NO3.C30H30ClNO3.C2H2O3/c1-2-3-4-5-8-23-11-13-24(14-12-23)15-16-25-17-19-26(20-18-25)21-35(29(36)30(37)38)22-27-9-6-7-10-28(27)31(32,33)34;1-2-3-4-5-6-23-7-9-24(10-8-23)11-12-25-13-15-26(16-14-25)21-32(29(33)30(34)35)22-27-17-19-28(31)20-18-27;3-1-2(4)5/h6-7,9-14,17-20H,2-5,8,21-22H2,1H3,(H,37,38);7-10,13-20H,2-6,21-22H2,1H3,(H,34,35);1H,(H,4,5). The molecule has 0 radical (unpaired) electrons. The van der Waals surface area contributed by atoms with Crippen molar-refractivity contribution < 1.29 is 57.3 Å². The number of aryl methyl sites for hydroxylation is 2. The van der Waals surface area contributed by atoms with Gasteiger partial charge in [0.05, 0.1) is 5.56 Å². The molecule has 0 aromatic heterocycles. The Kier molecular flexibility index (Phi) is 26.2. The minimum absolute atomic E-state index is 0.162. The number of nitrogens with zero attached hydrogens (tertiary/aromatic N) is 2. The van der Waals surface area contributed by atoms with Crippen LogP contribution in [0.4, 0.5) is 13.2 Å². The molecule has 0 bridgehead atoms. The Morgan fingerprint density at radius 3 is 1.12 bits per heavy atom. The molecule has 0 aliphatic rings. The van der Waals surface area contributed by atoms with Gasteiger partial charge in [0, 0.05) is 53.5 Å². The number of unbranched alkanes of at least 4 members (excludes halogenated alkanes) is 6. The lowest BCUT2D eigenvalue weighted by Crippen LogP contribution is -2.36. The normalized spacial score (nSPS) is 10.4. The smallest absolute Gasteiger partial charge is 0.416 e. The molecular formula is C63H62ClF3N2O9. The zero-order valence-electron chi connectivity index (χ0n) is 43.5. The number of aliphatic carboxylic acids is 3. The first-order chi connectivity index (χ1) is 37.4. The molecule has 6 aromatic rings. The monoisotopic (exact) mass is 1080 g/mol. The summed E-state index contributed by atoms with van der Waals surface area (Å²) < 4.78 is 40.2. The number of halogens is 4. The van der Waals surface area contributed by atoms with Gasteiger partial charge in [0.15, 0.2) is 0 Å². The second-order valence-corrected chi connectivity index (χ2v) is 18.5. The van der Waals surface area contributed by atoms with Crippen LogP contribution in [0, 0.1) is 23.7 Å². The molecular weight excluding hydrogens is 1020 g/mol. The molecule has 3 N–H and O–H groups in total.